The van der Waals surface area contributed by atoms with E-state index in [4.69, 9.17) is 14.6 Å². The average molecular weight is 456 g/mol. The molecule has 3 rings (SSSR count). The van der Waals surface area contributed by atoms with Crippen LogP contribution in [0, 0.1) is 12.7 Å². The van der Waals surface area contributed by atoms with Crippen molar-refractivity contribution >= 4 is 0 Å². The van der Waals surface area contributed by atoms with Crippen LogP contribution >= 0.6 is 0 Å². The number of hydrogen-bond donors (Lipinski definition) is 1. The van der Waals surface area contributed by atoms with Gasteiger partial charge in [0.05, 0.1) is 35.8 Å². The maximum atomic E-state index is 14.4. The van der Waals surface area contributed by atoms with Crippen LogP contribution in [0.15, 0.2) is 54.6 Å². The van der Waals surface area contributed by atoms with Crippen LogP contribution in [0.4, 0.5) is 4.39 Å². The molecule has 7 heteroatoms. The fourth-order valence-electron chi connectivity index (χ4n) is 3.63. The Kier molecular flexibility index (Phi) is 9.00. The third-order valence-corrected chi connectivity index (χ3v) is 5.19. The second kappa shape index (κ2) is 11.9. The molecule has 0 aliphatic heterocycles. The van der Waals surface area contributed by atoms with Gasteiger partial charge >= 0.3 is 0 Å². The fourth-order valence-corrected chi connectivity index (χ4v) is 3.63. The molecule has 1 N–H and O–H groups in total. The molecule has 0 saturated carbocycles. The number of nitrogens with zero attached hydrogens (tertiary/aromatic N) is 3. The van der Waals surface area contributed by atoms with Crippen LogP contribution in [0.2, 0.25) is 0 Å². The molecule has 3 aromatic rings. The number of aryl methyl sites for hydroxylation is 1. The van der Waals surface area contributed by atoms with Gasteiger partial charge in [-0.3, -0.25) is 4.90 Å². The smallest absolute Gasteiger partial charge is 0.227 e. The van der Waals surface area contributed by atoms with E-state index < -0.39 is 11.9 Å². The average Bonchev–Trinajstić information content (AvgIpc) is 3.09. The molecular weight excluding hydrogens is 421 g/mol. The summed E-state index contributed by atoms with van der Waals surface area (Å²) in [6.45, 7) is 9.94. The van der Waals surface area contributed by atoms with E-state index in [0.29, 0.717) is 19.0 Å². The Morgan fingerprint density at radius 1 is 1.09 bits per heavy atom. The van der Waals surface area contributed by atoms with Crippen molar-refractivity contribution < 1.29 is 19.0 Å². The Morgan fingerprint density at radius 2 is 1.79 bits per heavy atom. The summed E-state index contributed by atoms with van der Waals surface area (Å²) in [5, 5.41) is 15.2. The molecule has 0 unspecified atom stereocenters. The summed E-state index contributed by atoms with van der Waals surface area (Å²) in [4.78, 5) is 2.15. The van der Waals surface area contributed by atoms with E-state index in [-0.39, 0.29) is 18.5 Å². The number of benzene rings is 2. The van der Waals surface area contributed by atoms with Gasteiger partial charge in [0.2, 0.25) is 5.88 Å². The molecule has 0 amide bonds. The highest BCUT2D eigenvalue weighted by Gasteiger charge is 2.23. The molecule has 33 heavy (non-hydrogen) atoms. The molecule has 1 aromatic heterocycles. The van der Waals surface area contributed by atoms with E-state index in [0.717, 1.165) is 29.9 Å². The van der Waals surface area contributed by atoms with Crippen molar-refractivity contribution in [2.24, 2.45) is 0 Å². The number of aliphatic hydroxyl groups is 1. The second-order valence-electron chi connectivity index (χ2n) is 8.42. The molecule has 178 valence electrons. The first-order valence-corrected chi connectivity index (χ1v) is 11.5. The van der Waals surface area contributed by atoms with Gasteiger partial charge in [-0.25, -0.2) is 9.07 Å². The largest absolute Gasteiger partial charge is 0.435 e. The molecule has 0 fully saturated rings. The number of aromatic nitrogens is 2. The quantitative estimate of drug-likeness (QED) is 0.411. The van der Waals surface area contributed by atoms with Gasteiger partial charge in [0.25, 0.3) is 0 Å². The van der Waals surface area contributed by atoms with Gasteiger partial charge in [-0.1, -0.05) is 37.3 Å². The van der Waals surface area contributed by atoms with Gasteiger partial charge in [0.1, 0.15) is 0 Å². The predicted molar refractivity (Wildman–Crippen MR) is 127 cm³/mol. The molecular formula is C26H34FN3O3. The van der Waals surface area contributed by atoms with Crippen molar-refractivity contribution in [3.8, 4) is 17.3 Å². The topological polar surface area (TPSA) is 59.8 Å². The highest BCUT2D eigenvalue weighted by molar-refractivity contribution is 5.43. The molecule has 0 aliphatic carbocycles. The van der Waals surface area contributed by atoms with Crippen molar-refractivity contribution in [1.29, 1.82) is 0 Å². The van der Waals surface area contributed by atoms with Gasteiger partial charge in [-0.15, -0.1) is 0 Å². The Hall–Kier alpha value is -2.74. The molecule has 2 aromatic carbocycles. The number of aliphatic hydroxyl groups excluding tert-OH is 1. The van der Waals surface area contributed by atoms with Gasteiger partial charge in [0, 0.05) is 13.1 Å². The van der Waals surface area contributed by atoms with E-state index in [2.05, 4.69) is 11.8 Å². The summed E-state index contributed by atoms with van der Waals surface area (Å²) in [6, 6.07) is 16.0. The lowest BCUT2D eigenvalue weighted by Gasteiger charge is -2.25. The maximum absolute atomic E-state index is 14.4. The molecule has 0 spiro atoms. The van der Waals surface area contributed by atoms with Crippen LogP contribution in [-0.2, 0) is 11.3 Å². The molecule has 1 heterocycles. The van der Waals surface area contributed by atoms with E-state index in [1.54, 1.807) is 22.9 Å². The molecule has 0 aliphatic rings. The third-order valence-electron chi connectivity index (χ3n) is 5.19. The van der Waals surface area contributed by atoms with Crippen LogP contribution < -0.4 is 4.74 Å². The maximum Gasteiger partial charge on any atom is 0.227 e. The zero-order valence-electron chi connectivity index (χ0n) is 19.9. The zero-order valence-corrected chi connectivity index (χ0v) is 19.9. The van der Waals surface area contributed by atoms with Gasteiger partial charge in [-0.05, 0) is 58.0 Å². The highest BCUT2D eigenvalue weighted by Crippen LogP contribution is 2.32. The molecule has 1 atom stereocenters. The van der Waals surface area contributed by atoms with E-state index in [1.807, 2.05) is 51.1 Å². The summed E-state index contributed by atoms with van der Waals surface area (Å²) >= 11 is 0. The fraction of sp³-hybridized carbons (Fsp3) is 0.423. The minimum Gasteiger partial charge on any atom is -0.435 e. The van der Waals surface area contributed by atoms with Crippen molar-refractivity contribution in [2.75, 3.05) is 19.7 Å². The Bertz CT molecular complexity index is 1010. The summed E-state index contributed by atoms with van der Waals surface area (Å²) in [5.74, 6) is 0.176. The number of rotatable bonds is 12. The van der Waals surface area contributed by atoms with Crippen molar-refractivity contribution in [3.63, 3.8) is 0 Å². The van der Waals surface area contributed by atoms with Crippen LogP contribution in [-0.4, -0.2) is 51.7 Å². The number of para-hydroxylation sites is 2. The highest BCUT2D eigenvalue weighted by atomic mass is 19.1. The first-order chi connectivity index (χ1) is 15.9. The first-order valence-electron chi connectivity index (χ1n) is 11.5. The summed E-state index contributed by atoms with van der Waals surface area (Å²) in [6.07, 6.45) is 0.374. The summed E-state index contributed by atoms with van der Waals surface area (Å²) in [5.41, 5.74) is 2.47. The molecule has 0 radical (unpaired) electrons. The van der Waals surface area contributed by atoms with E-state index in [1.165, 1.54) is 6.07 Å². The Morgan fingerprint density at radius 3 is 2.45 bits per heavy atom. The lowest BCUT2D eigenvalue weighted by Crippen LogP contribution is -2.35. The number of halogens is 1. The minimum atomic E-state index is -0.612. The number of hydrogen-bond acceptors (Lipinski definition) is 5. The van der Waals surface area contributed by atoms with Gasteiger partial charge < -0.3 is 14.6 Å². The van der Waals surface area contributed by atoms with Crippen LogP contribution in [0.1, 0.15) is 38.4 Å². The summed E-state index contributed by atoms with van der Waals surface area (Å²) < 4.78 is 27.8. The monoisotopic (exact) mass is 455 g/mol. The Balaban J connectivity index is 1.93. The van der Waals surface area contributed by atoms with E-state index >= 15 is 0 Å². The number of ether oxygens (including phenoxy) is 2. The van der Waals surface area contributed by atoms with Gasteiger partial charge in [-0.2, -0.15) is 5.10 Å². The minimum absolute atomic E-state index is 0.0615. The zero-order chi connectivity index (χ0) is 23.8. The van der Waals surface area contributed by atoms with Crippen LogP contribution in [0.3, 0.4) is 0 Å². The summed E-state index contributed by atoms with van der Waals surface area (Å²) in [7, 11) is 0. The lowest BCUT2D eigenvalue weighted by molar-refractivity contribution is -0.00957. The SMILES string of the molecule is CCCN(Cc1c(C)nn(-c2ccccc2)c1Oc1ccccc1F)C[C@H](O)COC(C)C. The molecule has 0 bridgehead atoms. The molecule has 0 saturated heterocycles. The predicted octanol–water partition coefficient (Wildman–Crippen LogP) is 5.11. The van der Waals surface area contributed by atoms with Gasteiger partial charge in [0.15, 0.2) is 11.6 Å². The molecule has 6 nitrogen and oxygen atoms in total. The Labute approximate surface area is 195 Å². The van der Waals surface area contributed by atoms with Crippen LogP contribution in [0.25, 0.3) is 5.69 Å². The van der Waals surface area contributed by atoms with Crippen molar-refractivity contribution in [2.45, 2.75) is 52.9 Å². The second-order valence-corrected chi connectivity index (χ2v) is 8.42. The third kappa shape index (κ3) is 6.87. The lowest BCUT2D eigenvalue weighted by atomic mass is 10.2. The normalized spacial score (nSPS) is 12.5. The van der Waals surface area contributed by atoms with Crippen molar-refractivity contribution in [1.82, 2.24) is 14.7 Å². The van der Waals surface area contributed by atoms with E-state index in [9.17, 15) is 9.50 Å². The van der Waals surface area contributed by atoms with Crippen molar-refractivity contribution in [3.05, 3.63) is 71.7 Å². The van der Waals surface area contributed by atoms with Crippen LogP contribution in [0.5, 0.6) is 11.6 Å². The standard InChI is InChI=1S/C26H34FN3O3/c1-5-15-29(16-22(31)18-32-19(2)3)17-23-20(4)28-30(21-11-7-6-8-12-21)26(23)33-25-14-10-9-13-24(25)27/h6-14,19,22,31H,5,15-18H2,1-4H3/t22-/m0/s1. The first kappa shape index (κ1) is 24.9.